The van der Waals surface area contributed by atoms with Gasteiger partial charge in [0.25, 0.3) is 0 Å². The van der Waals surface area contributed by atoms with Crippen LogP contribution in [0, 0.1) is 0 Å². The zero-order valence-electron chi connectivity index (χ0n) is 5.94. The Labute approximate surface area is 89.5 Å². The molecule has 0 fully saturated rings. The zero-order valence-corrected chi connectivity index (χ0v) is 9.67. The minimum Gasteiger partial charge on any atom is -0.211 e. The fourth-order valence-electron chi connectivity index (χ4n) is 0.767. The van der Waals surface area contributed by atoms with Crippen molar-refractivity contribution in [2.24, 2.45) is 0 Å². The molecule has 0 bridgehead atoms. The summed E-state index contributed by atoms with van der Waals surface area (Å²) in [6.07, 6.45) is 0. The molecule has 1 aromatic carbocycles. The van der Waals surface area contributed by atoms with Crippen LogP contribution in [0.15, 0.2) is 30.3 Å². The summed E-state index contributed by atoms with van der Waals surface area (Å²) in [7, 11) is 1.69. The molecule has 1 unspecified atom stereocenters. The molecule has 0 amide bonds. The minimum atomic E-state index is -3.50. The van der Waals surface area contributed by atoms with Gasteiger partial charge >= 0.3 is 0 Å². The smallest absolute Gasteiger partial charge is 0.211 e. The highest BCUT2D eigenvalue weighted by molar-refractivity contribution is 14.1. The molecule has 0 saturated heterocycles. The van der Waals surface area contributed by atoms with Crippen LogP contribution < -0.4 is 0 Å². The van der Waals surface area contributed by atoms with Gasteiger partial charge in [-0.15, -0.1) is 0 Å². The SMILES string of the molecule is O=S(=O)(Cl)C(I)c1ccccc1. The average molecular weight is 317 g/mol. The largest absolute Gasteiger partial charge is 0.248 e. The Morgan fingerprint density at radius 1 is 1.25 bits per heavy atom. The third-order valence-corrected chi connectivity index (χ3v) is 6.24. The Kier molecular flexibility index (Phi) is 3.37. The molecule has 1 aromatic rings. The standard InChI is InChI=1S/C7H6ClIO2S/c8-12(10,11)7(9)6-4-2-1-3-5-6/h1-5,7H. The molecule has 0 aliphatic heterocycles. The summed E-state index contributed by atoms with van der Waals surface area (Å²) in [6, 6.07) is 8.86. The van der Waals surface area contributed by atoms with Crippen molar-refractivity contribution in [3.63, 3.8) is 0 Å². The first kappa shape index (κ1) is 10.3. The number of benzene rings is 1. The Morgan fingerprint density at radius 3 is 2.17 bits per heavy atom. The second-order valence-electron chi connectivity index (χ2n) is 2.20. The van der Waals surface area contributed by atoms with Crippen molar-refractivity contribution in [1.82, 2.24) is 0 Å². The number of rotatable bonds is 2. The van der Waals surface area contributed by atoms with Crippen molar-refractivity contribution in [3.8, 4) is 0 Å². The predicted molar refractivity (Wildman–Crippen MR) is 58.0 cm³/mol. The van der Waals surface area contributed by atoms with Crippen LogP contribution in [0.3, 0.4) is 0 Å². The topological polar surface area (TPSA) is 34.1 Å². The summed E-state index contributed by atoms with van der Waals surface area (Å²) in [5, 5.41) is 0. The molecule has 12 heavy (non-hydrogen) atoms. The summed E-state index contributed by atoms with van der Waals surface area (Å²) in [5.41, 5.74) is 0.702. The molecule has 0 spiro atoms. The van der Waals surface area contributed by atoms with E-state index in [0.29, 0.717) is 5.56 Å². The van der Waals surface area contributed by atoms with Gasteiger partial charge in [0.2, 0.25) is 9.05 Å². The lowest BCUT2D eigenvalue weighted by atomic mass is 10.2. The van der Waals surface area contributed by atoms with Crippen molar-refractivity contribution in [2.45, 2.75) is 3.26 Å². The van der Waals surface area contributed by atoms with Crippen LogP contribution >= 0.6 is 33.3 Å². The van der Waals surface area contributed by atoms with Gasteiger partial charge in [-0.2, -0.15) is 0 Å². The van der Waals surface area contributed by atoms with Gasteiger partial charge in [0, 0.05) is 10.7 Å². The molecule has 0 aliphatic carbocycles. The van der Waals surface area contributed by atoms with Gasteiger partial charge in [0.05, 0.1) is 0 Å². The zero-order chi connectivity index (χ0) is 9.19. The summed E-state index contributed by atoms with van der Waals surface area (Å²) in [4.78, 5) is 0. The van der Waals surface area contributed by atoms with E-state index in [1.807, 2.05) is 6.07 Å². The minimum absolute atomic E-state index is 0.669. The molecule has 0 aliphatic rings. The van der Waals surface area contributed by atoms with E-state index in [1.165, 1.54) is 0 Å². The first-order valence-electron chi connectivity index (χ1n) is 3.14. The molecular weight excluding hydrogens is 310 g/mol. The second kappa shape index (κ2) is 3.93. The quantitative estimate of drug-likeness (QED) is 0.477. The maximum Gasteiger partial charge on any atom is 0.248 e. The fraction of sp³-hybridized carbons (Fsp3) is 0.143. The fourth-order valence-corrected chi connectivity index (χ4v) is 1.97. The van der Waals surface area contributed by atoms with E-state index in [9.17, 15) is 8.42 Å². The van der Waals surface area contributed by atoms with Gasteiger partial charge in [0.15, 0.2) is 3.26 Å². The van der Waals surface area contributed by atoms with Gasteiger partial charge in [-0.3, -0.25) is 0 Å². The number of hydrogen-bond donors (Lipinski definition) is 0. The Morgan fingerprint density at radius 2 is 1.75 bits per heavy atom. The maximum atomic E-state index is 10.9. The second-order valence-corrected chi connectivity index (χ2v) is 7.01. The Hall–Kier alpha value is 0.190. The van der Waals surface area contributed by atoms with Crippen LogP contribution in [0.2, 0.25) is 0 Å². The van der Waals surface area contributed by atoms with E-state index in [4.69, 9.17) is 10.7 Å². The number of halogens is 2. The van der Waals surface area contributed by atoms with Gasteiger partial charge in [-0.05, 0) is 5.56 Å². The first-order valence-corrected chi connectivity index (χ1v) is 6.76. The van der Waals surface area contributed by atoms with Crippen molar-refractivity contribution in [3.05, 3.63) is 35.9 Å². The highest BCUT2D eigenvalue weighted by Gasteiger charge is 2.20. The van der Waals surface area contributed by atoms with Crippen LogP contribution in [0.4, 0.5) is 0 Å². The van der Waals surface area contributed by atoms with Crippen molar-refractivity contribution in [1.29, 1.82) is 0 Å². The third-order valence-electron chi connectivity index (χ3n) is 1.31. The molecule has 0 aromatic heterocycles. The normalized spacial score (nSPS) is 14.2. The predicted octanol–water partition coefficient (Wildman–Crippen LogP) is 2.69. The Bertz CT molecular complexity index is 349. The van der Waals surface area contributed by atoms with Crippen LogP contribution in [-0.2, 0) is 9.05 Å². The van der Waals surface area contributed by atoms with Crippen LogP contribution in [0.5, 0.6) is 0 Å². The average Bonchev–Trinajstić information content (AvgIpc) is 2.03. The molecule has 0 saturated carbocycles. The molecule has 66 valence electrons. The highest BCUT2D eigenvalue weighted by atomic mass is 127. The molecule has 0 heterocycles. The molecule has 1 rings (SSSR count). The van der Waals surface area contributed by atoms with Crippen molar-refractivity contribution >= 4 is 42.3 Å². The molecule has 2 nitrogen and oxygen atoms in total. The van der Waals surface area contributed by atoms with E-state index < -0.39 is 12.3 Å². The maximum absolute atomic E-state index is 10.9. The molecule has 5 heteroatoms. The summed E-state index contributed by atoms with van der Waals surface area (Å²) >= 11 is 1.79. The van der Waals surface area contributed by atoms with E-state index in [0.717, 1.165) is 0 Å². The van der Waals surface area contributed by atoms with E-state index in [-0.39, 0.29) is 0 Å². The Balaban J connectivity index is 3.02. The summed E-state index contributed by atoms with van der Waals surface area (Å²) in [5.74, 6) is 0. The van der Waals surface area contributed by atoms with Gasteiger partial charge in [-0.25, -0.2) is 8.42 Å². The van der Waals surface area contributed by atoms with E-state index in [1.54, 1.807) is 46.9 Å². The summed E-state index contributed by atoms with van der Waals surface area (Å²) < 4.78 is 21.1. The lowest BCUT2D eigenvalue weighted by Crippen LogP contribution is -1.98. The third kappa shape index (κ3) is 2.60. The molecule has 0 radical (unpaired) electrons. The molecule has 1 atom stereocenters. The van der Waals surface area contributed by atoms with Crippen LogP contribution in [0.25, 0.3) is 0 Å². The van der Waals surface area contributed by atoms with Gasteiger partial charge in [-0.1, -0.05) is 52.9 Å². The summed E-state index contributed by atoms with van der Waals surface area (Å²) in [6.45, 7) is 0. The molecule has 0 N–H and O–H groups in total. The van der Waals surface area contributed by atoms with Gasteiger partial charge < -0.3 is 0 Å². The van der Waals surface area contributed by atoms with E-state index in [2.05, 4.69) is 0 Å². The lowest BCUT2D eigenvalue weighted by molar-refractivity contribution is 0.609. The first-order chi connectivity index (χ1) is 5.52. The van der Waals surface area contributed by atoms with Crippen molar-refractivity contribution in [2.75, 3.05) is 0 Å². The lowest BCUT2D eigenvalue weighted by Gasteiger charge is -2.04. The molecular formula is C7H6ClIO2S. The van der Waals surface area contributed by atoms with Gasteiger partial charge in [0.1, 0.15) is 0 Å². The van der Waals surface area contributed by atoms with Crippen molar-refractivity contribution < 1.29 is 8.42 Å². The van der Waals surface area contributed by atoms with Crippen LogP contribution in [0.1, 0.15) is 8.82 Å². The van der Waals surface area contributed by atoms with Crippen LogP contribution in [-0.4, -0.2) is 8.42 Å². The van der Waals surface area contributed by atoms with E-state index >= 15 is 0 Å². The highest BCUT2D eigenvalue weighted by Crippen LogP contribution is 2.31. The number of hydrogen-bond acceptors (Lipinski definition) is 2. The monoisotopic (exact) mass is 316 g/mol. The number of alkyl halides is 1.